The molecule has 0 atom stereocenters. The average molecular weight is 519 g/mol. The first kappa shape index (κ1) is 23.9. The van der Waals surface area contributed by atoms with E-state index in [4.69, 9.17) is 9.47 Å². The Morgan fingerprint density at radius 2 is 2.06 bits per heavy atom. The Balaban J connectivity index is 1.93. The highest BCUT2D eigenvalue weighted by molar-refractivity contribution is 9.10. The summed E-state index contributed by atoms with van der Waals surface area (Å²) in [7, 11) is 1.64. The summed E-state index contributed by atoms with van der Waals surface area (Å²) in [6.07, 6.45) is 1.75. The lowest BCUT2D eigenvalue weighted by molar-refractivity contribution is -0.121. The monoisotopic (exact) mass is 518 g/mol. The van der Waals surface area contributed by atoms with Crippen molar-refractivity contribution in [1.82, 2.24) is 4.90 Å². The minimum Gasteiger partial charge on any atom is -0.490 e. The third kappa shape index (κ3) is 5.52. The molecular formula is C23H23BrN2O5S. The fourth-order valence-electron chi connectivity index (χ4n) is 2.91. The molecule has 0 spiro atoms. The summed E-state index contributed by atoms with van der Waals surface area (Å²) in [5, 5.41) is 9.64. The van der Waals surface area contributed by atoms with Crippen LogP contribution in [0.1, 0.15) is 36.7 Å². The molecule has 1 N–H and O–H groups in total. The number of thioether (sulfide) groups is 1. The molecule has 0 bridgehead atoms. The van der Waals surface area contributed by atoms with Gasteiger partial charge in [0.05, 0.1) is 33.3 Å². The Morgan fingerprint density at radius 1 is 1.31 bits per heavy atom. The number of amides is 1. The molecule has 1 fully saturated rings. The first-order valence-corrected chi connectivity index (χ1v) is 11.5. The lowest BCUT2D eigenvalue weighted by Crippen LogP contribution is -2.23. The number of benzene rings is 2. The van der Waals surface area contributed by atoms with Gasteiger partial charge in [-0.15, -0.1) is 0 Å². The van der Waals surface area contributed by atoms with Gasteiger partial charge in [0.25, 0.3) is 5.91 Å². The smallest absolute Gasteiger partial charge is 0.335 e. The van der Waals surface area contributed by atoms with Crippen molar-refractivity contribution in [2.24, 2.45) is 4.99 Å². The van der Waals surface area contributed by atoms with Crippen LogP contribution in [0.2, 0.25) is 0 Å². The van der Waals surface area contributed by atoms with E-state index in [1.165, 1.54) is 28.8 Å². The van der Waals surface area contributed by atoms with E-state index < -0.39 is 5.97 Å². The van der Waals surface area contributed by atoms with Crippen molar-refractivity contribution < 1.29 is 24.2 Å². The van der Waals surface area contributed by atoms with E-state index in [2.05, 4.69) is 20.9 Å². The number of likely N-dealkylation sites (N-methyl/N-ethyl adjacent to an activating group) is 1. The zero-order valence-corrected chi connectivity index (χ0v) is 20.5. The summed E-state index contributed by atoms with van der Waals surface area (Å²) in [6, 6.07) is 9.97. The Kier molecular flexibility index (Phi) is 7.63. The Labute approximate surface area is 199 Å². The molecule has 0 unspecified atom stereocenters. The largest absolute Gasteiger partial charge is 0.490 e. The van der Waals surface area contributed by atoms with E-state index in [0.717, 1.165) is 10.0 Å². The van der Waals surface area contributed by atoms with Crippen LogP contribution in [0, 0.1) is 0 Å². The summed E-state index contributed by atoms with van der Waals surface area (Å²) >= 11 is 4.76. The van der Waals surface area contributed by atoms with Gasteiger partial charge in [-0.2, -0.15) is 0 Å². The molecule has 0 aromatic heterocycles. The lowest BCUT2D eigenvalue weighted by atomic mass is 10.1. The molecule has 0 radical (unpaired) electrons. The maximum absolute atomic E-state index is 12.8. The number of rotatable bonds is 7. The Morgan fingerprint density at radius 3 is 2.72 bits per heavy atom. The number of carboxylic acid groups (broad SMARTS) is 1. The summed E-state index contributed by atoms with van der Waals surface area (Å²) in [5.41, 5.74) is 1.37. The number of aliphatic imine (C=N–C) groups is 1. The average Bonchev–Trinajstić information content (AvgIpc) is 2.98. The number of aromatic carboxylic acids is 1. The summed E-state index contributed by atoms with van der Waals surface area (Å²) in [6.45, 7) is 6.25. The van der Waals surface area contributed by atoms with Crippen LogP contribution in [0.25, 0.3) is 6.08 Å². The highest BCUT2D eigenvalue weighted by atomic mass is 79.9. The topological polar surface area (TPSA) is 88.4 Å². The molecule has 168 valence electrons. The van der Waals surface area contributed by atoms with Gasteiger partial charge in [-0.05, 0) is 90.4 Å². The van der Waals surface area contributed by atoms with Crippen LogP contribution in [0.3, 0.4) is 0 Å². The molecule has 1 heterocycles. The van der Waals surface area contributed by atoms with Crippen LogP contribution in [0.5, 0.6) is 11.5 Å². The van der Waals surface area contributed by atoms with Gasteiger partial charge in [0.1, 0.15) is 0 Å². The van der Waals surface area contributed by atoms with E-state index in [9.17, 15) is 14.7 Å². The van der Waals surface area contributed by atoms with Crippen molar-refractivity contribution in [1.29, 1.82) is 0 Å². The summed E-state index contributed by atoms with van der Waals surface area (Å²) in [5.74, 6) is -0.0193. The zero-order valence-electron chi connectivity index (χ0n) is 18.1. The number of hydrogen-bond donors (Lipinski definition) is 1. The van der Waals surface area contributed by atoms with Crippen molar-refractivity contribution in [3.63, 3.8) is 0 Å². The maximum Gasteiger partial charge on any atom is 0.335 e. The number of nitrogens with zero attached hydrogens (tertiary/aromatic N) is 2. The molecule has 3 rings (SSSR count). The molecule has 1 saturated heterocycles. The number of ether oxygens (including phenoxy) is 2. The van der Waals surface area contributed by atoms with Crippen molar-refractivity contribution >= 4 is 56.5 Å². The Hall–Kier alpha value is -2.78. The lowest BCUT2D eigenvalue weighted by Gasteiger charge is -2.17. The predicted molar refractivity (Wildman–Crippen MR) is 130 cm³/mol. The fraction of sp³-hybridized carbons (Fsp3) is 0.261. The van der Waals surface area contributed by atoms with Crippen LogP contribution < -0.4 is 9.47 Å². The quantitative estimate of drug-likeness (QED) is 0.482. The third-order valence-corrected chi connectivity index (χ3v) is 5.95. The predicted octanol–water partition coefficient (Wildman–Crippen LogP) is 5.57. The van der Waals surface area contributed by atoms with Crippen molar-refractivity contribution in [3.8, 4) is 11.5 Å². The van der Waals surface area contributed by atoms with Gasteiger partial charge in [-0.3, -0.25) is 9.69 Å². The second-order valence-electron chi connectivity index (χ2n) is 7.15. The zero-order chi connectivity index (χ0) is 23.4. The van der Waals surface area contributed by atoms with Gasteiger partial charge in [-0.1, -0.05) is 6.07 Å². The van der Waals surface area contributed by atoms with Gasteiger partial charge >= 0.3 is 5.97 Å². The molecular weight excluding hydrogens is 496 g/mol. The first-order valence-electron chi connectivity index (χ1n) is 9.92. The number of carboxylic acids is 1. The molecule has 7 nitrogen and oxygen atoms in total. The van der Waals surface area contributed by atoms with Crippen molar-refractivity contribution in [2.45, 2.75) is 26.9 Å². The van der Waals surface area contributed by atoms with Crippen LogP contribution >= 0.6 is 27.7 Å². The van der Waals surface area contributed by atoms with Gasteiger partial charge in [0, 0.05) is 7.05 Å². The normalized spacial score (nSPS) is 16.3. The first-order chi connectivity index (χ1) is 15.2. The van der Waals surface area contributed by atoms with Crippen LogP contribution in [0.4, 0.5) is 5.69 Å². The van der Waals surface area contributed by atoms with E-state index >= 15 is 0 Å². The van der Waals surface area contributed by atoms with Crippen LogP contribution in [-0.2, 0) is 4.79 Å². The molecule has 1 aliphatic rings. The molecule has 32 heavy (non-hydrogen) atoms. The van der Waals surface area contributed by atoms with Gasteiger partial charge in [0.15, 0.2) is 16.7 Å². The van der Waals surface area contributed by atoms with Crippen molar-refractivity contribution in [3.05, 3.63) is 56.9 Å². The van der Waals surface area contributed by atoms with E-state index in [-0.39, 0.29) is 17.6 Å². The fourth-order valence-corrected chi connectivity index (χ4v) is 4.45. The standard InChI is InChI=1S/C23H23BrN2O5S/c1-5-30-18-10-14(9-17(24)20(18)31-13(2)3)11-19-21(27)26(4)23(32-19)25-16-8-6-7-15(12-16)22(28)29/h6-13H,5H2,1-4H3,(H,28,29)/b19-11+,25-23?. The summed E-state index contributed by atoms with van der Waals surface area (Å²) in [4.78, 5) is 30.4. The SMILES string of the molecule is CCOc1cc(/C=C2/SC(=Nc3cccc(C(=O)O)c3)N(C)C2=O)cc(Br)c1OC(C)C. The van der Waals surface area contributed by atoms with Crippen LogP contribution in [-0.4, -0.2) is 46.8 Å². The molecule has 2 aromatic carbocycles. The van der Waals surface area contributed by atoms with Crippen molar-refractivity contribution in [2.75, 3.05) is 13.7 Å². The van der Waals surface area contributed by atoms with E-state index in [1.807, 2.05) is 32.9 Å². The minimum absolute atomic E-state index is 0.0197. The number of carbonyl (C=O) groups is 2. The van der Waals surface area contributed by atoms with Gasteiger partial charge < -0.3 is 14.6 Å². The molecule has 1 aliphatic heterocycles. The number of halogens is 1. The third-order valence-electron chi connectivity index (χ3n) is 4.30. The minimum atomic E-state index is -1.03. The molecule has 9 heteroatoms. The summed E-state index contributed by atoms with van der Waals surface area (Å²) < 4.78 is 12.3. The van der Waals surface area contributed by atoms with Crippen LogP contribution in [0.15, 0.2) is 50.8 Å². The maximum atomic E-state index is 12.8. The number of amidine groups is 1. The molecule has 0 saturated carbocycles. The van der Waals surface area contributed by atoms with E-state index in [1.54, 1.807) is 25.3 Å². The molecule has 0 aliphatic carbocycles. The molecule has 1 amide bonds. The number of hydrogen-bond acceptors (Lipinski definition) is 6. The van der Waals surface area contributed by atoms with Gasteiger partial charge in [-0.25, -0.2) is 9.79 Å². The number of carbonyl (C=O) groups excluding carboxylic acids is 1. The molecule has 2 aromatic rings. The second kappa shape index (κ2) is 10.2. The van der Waals surface area contributed by atoms with Gasteiger partial charge in [0.2, 0.25) is 0 Å². The highest BCUT2D eigenvalue weighted by Gasteiger charge is 2.30. The highest BCUT2D eigenvalue weighted by Crippen LogP contribution is 2.40. The Bertz CT molecular complexity index is 1110. The second-order valence-corrected chi connectivity index (χ2v) is 9.02. The van der Waals surface area contributed by atoms with E-state index in [0.29, 0.717) is 33.9 Å².